The average Bonchev–Trinajstić information content (AvgIpc) is 3.00. The van der Waals surface area contributed by atoms with E-state index in [-0.39, 0.29) is 5.84 Å². The molecule has 4 heteroatoms. The van der Waals surface area contributed by atoms with E-state index in [0.29, 0.717) is 5.02 Å². The average molecular weight is 292 g/mol. The number of fused-ring (bicyclic) bond motifs is 2. The zero-order valence-corrected chi connectivity index (χ0v) is 12.7. The highest BCUT2D eigenvalue weighted by Gasteiger charge is 2.39. The summed E-state index contributed by atoms with van der Waals surface area (Å²) in [6.45, 7) is 1.04. The third kappa shape index (κ3) is 2.51. The maximum absolute atomic E-state index is 7.72. The third-order valence-electron chi connectivity index (χ3n) is 5.05. The molecule has 3 atom stereocenters. The van der Waals surface area contributed by atoms with Crippen molar-refractivity contribution >= 4 is 23.1 Å². The topological polar surface area (TPSA) is 53.1 Å². The summed E-state index contributed by atoms with van der Waals surface area (Å²) < 4.78 is 0. The summed E-state index contributed by atoms with van der Waals surface area (Å²) in [5.41, 5.74) is 7.44. The molecule has 3 N–H and O–H groups in total. The molecule has 0 spiro atoms. The summed E-state index contributed by atoms with van der Waals surface area (Å²) in [5.74, 6) is 2.77. The van der Waals surface area contributed by atoms with Crippen LogP contribution in [0.4, 0.5) is 5.69 Å². The van der Waals surface area contributed by atoms with Crippen LogP contribution in [0.1, 0.15) is 31.2 Å². The number of hydrogen-bond acceptors (Lipinski definition) is 2. The fourth-order valence-corrected chi connectivity index (χ4v) is 4.26. The lowest BCUT2D eigenvalue weighted by Crippen LogP contribution is -2.30. The standard InChI is InChI=1S/C16H22ClN3/c1-20(9-12-7-10-2-3-11(12)6-10)15-8-13(17)4-5-14(15)16(18)19/h4-5,8,10-12H,2-3,6-7,9H2,1H3,(H3,18,19). The van der Waals surface area contributed by atoms with Crippen molar-refractivity contribution in [1.82, 2.24) is 0 Å². The SMILES string of the molecule is CN(CC1CC2CCC1C2)c1cc(Cl)ccc1C(=N)N. The first kappa shape index (κ1) is 13.7. The molecule has 0 saturated heterocycles. The number of halogens is 1. The molecule has 0 radical (unpaired) electrons. The highest BCUT2D eigenvalue weighted by atomic mass is 35.5. The lowest BCUT2D eigenvalue weighted by molar-refractivity contribution is 0.337. The zero-order chi connectivity index (χ0) is 14.3. The molecule has 2 fully saturated rings. The molecule has 2 aliphatic carbocycles. The summed E-state index contributed by atoms with van der Waals surface area (Å²) in [6.07, 6.45) is 5.62. The Hall–Kier alpha value is -1.22. The van der Waals surface area contributed by atoms with Crippen molar-refractivity contribution in [3.05, 3.63) is 28.8 Å². The second-order valence-electron chi connectivity index (χ2n) is 6.39. The van der Waals surface area contributed by atoms with Gasteiger partial charge in [-0.2, -0.15) is 0 Å². The van der Waals surface area contributed by atoms with Gasteiger partial charge < -0.3 is 10.6 Å². The Morgan fingerprint density at radius 1 is 1.40 bits per heavy atom. The molecule has 20 heavy (non-hydrogen) atoms. The number of nitrogens with two attached hydrogens (primary N) is 1. The van der Waals surface area contributed by atoms with Crippen LogP contribution in [0.3, 0.4) is 0 Å². The van der Waals surface area contributed by atoms with Crippen LogP contribution in [0.25, 0.3) is 0 Å². The van der Waals surface area contributed by atoms with Gasteiger partial charge in [-0.15, -0.1) is 0 Å². The van der Waals surface area contributed by atoms with Gasteiger partial charge in [-0.3, -0.25) is 5.41 Å². The molecule has 0 heterocycles. The molecule has 108 valence electrons. The van der Waals surface area contributed by atoms with Gasteiger partial charge in [0.25, 0.3) is 0 Å². The number of nitrogens with zero attached hydrogens (tertiary/aromatic N) is 1. The van der Waals surface area contributed by atoms with E-state index >= 15 is 0 Å². The molecular formula is C16H22ClN3. The fraction of sp³-hybridized carbons (Fsp3) is 0.562. The predicted octanol–water partition coefficient (Wildman–Crippen LogP) is 3.50. The lowest BCUT2D eigenvalue weighted by atomic mass is 9.88. The van der Waals surface area contributed by atoms with E-state index in [2.05, 4.69) is 11.9 Å². The summed E-state index contributed by atoms with van der Waals surface area (Å²) >= 11 is 6.11. The van der Waals surface area contributed by atoms with E-state index in [1.807, 2.05) is 12.1 Å². The van der Waals surface area contributed by atoms with Crippen LogP contribution in [-0.4, -0.2) is 19.4 Å². The largest absolute Gasteiger partial charge is 0.384 e. The first-order valence-corrected chi connectivity index (χ1v) is 7.77. The minimum Gasteiger partial charge on any atom is -0.384 e. The van der Waals surface area contributed by atoms with Crippen molar-refractivity contribution in [2.75, 3.05) is 18.5 Å². The first-order valence-electron chi connectivity index (χ1n) is 7.39. The van der Waals surface area contributed by atoms with Gasteiger partial charge in [-0.1, -0.05) is 18.0 Å². The molecular weight excluding hydrogens is 270 g/mol. The molecule has 2 aliphatic rings. The molecule has 0 aromatic heterocycles. The summed E-state index contributed by atoms with van der Waals surface area (Å²) in [7, 11) is 2.09. The van der Waals surface area contributed by atoms with Gasteiger partial charge in [0.1, 0.15) is 5.84 Å². The number of nitrogen functional groups attached to an aromatic ring is 1. The van der Waals surface area contributed by atoms with Crippen molar-refractivity contribution in [2.24, 2.45) is 23.5 Å². The molecule has 3 rings (SSSR count). The van der Waals surface area contributed by atoms with Gasteiger partial charge in [0.15, 0.2) is 0 Å². The van der Waals surface area contributed by atoms with Gasteiger partial charge in [-0.25, -0.2) is 0 Å². The fourth-order valence-electron chi connectivity index (χ4n) is 4.10. The quantitative estimate of drug-likeness (QED) is 0.659. The van der Waals surface area contributed by atoms with Crippen LogP contribution < -0.4 is 10.6 Å². The summed E-state index contributed by atoms with van der Waals surface area (Å²) in [4.78, 5) is 2.23. The van der Waals surface area contributed by atoms with E-state index < -0.39 is 0 Å². The van der Waals surface area contributed by atoms with E-state index in [0.717, 1.165) is 35.5 Å². The van der Waals surface area contributed by atoms with Crippen molar-refractivity contribution in [2.45, 2.75) is 25.7 Å². The van der Waals surface area contributed by atoms with E-state index in [1.54, 1.807) is 6.07 Å². The van der Waals surface area contributed by atoms with E-state index in [4.69, 9.17) is 22.7 Å². The van der Waals surface area contributed by atoms with Crippen LogP contribution in [-0.2, 0) is 0 Å². The third-order valence-corrected chi connectivity index (χ3v) is 5.29. The van der Waals surface area contributed by atoms with Gasteiger partial charge in [0, 0.05) is 29.9 Å². The minimum absolute atomic E-state index is 0.108. The second-order valence-corrected chi connectivity index (χ2v) is 6.83. The molecule has 1 aromatic carbocycles. The van der Waals surface area contributed by atoms with Gasteiger partial charge >= 0.3 is 0 Å². The Balaban J connectivity index is 1.78. The molecule has 3 unspecified atom stereocenters. The molecule has 0 aliphatic heterocycles. The van der Waals surface area contributed by atoms with Crippen molar-refractivity contribution in [3.8, 4) is 0 Å². The van der Waals surface area contributed by atoms with Gasteiger partial charge in [0.05, 0.1) is 0 Å². The van der Waals surface area contributed by atoms with Gasteiger partial charge in [-0.05, 0) is 55.2 Å². The second kappa shape index (κ2) is 5.28. The Morgan fingerprint density at radius 2 is 2.20 bits per heavy atom. The number of rotatable bonds is 4. The van der Waals surface area contributed by atoms with Crippen LogP contribution in [0, 0.1) is 23.2 Å². The minimum atomic E-state index is 0.108. The maximum atomic E-state index is 7.72. The summed E-state index contributed by atoms with van der Waals surface area (Å²) in [5, 5.41) is 8.41. The normalized spacial score (nSPS) is 27.8. The summed E-state index contributed by atoms with van der Waals surface area (Å²) in [6, 6.07) is 5.57. The number of benzene rings is 1. The number of nitrogens with one attached hydrogen (secondary N) is 1. The van der Waals surface area contributed by atoms with Crippen LogP contribution in [0.5, 0.6) is 0 Å². The first-order chi connectivity index (χ1) is 9.54. The zero-order valence-electron chi connectivity index (χ0n) is 11.9. The van der Waals surface area contributed by atoms with Crippen LogP contribution in [0.15, 0.2) is 18.2 Å². The smallest absolute Gasteiger partial charge is 0.124 e. The highest BCUT2D eigenvalue weighted by molar-refractivity contribution is 6.31. The molecule has 2 saturated carbocycles. The Kier molecular flexibility index (Phi) is 3.63. The monoisotopic (exact) mass is 291 g/mol. The number of hydrogen-bond donors (Lipinski definition) is 2. The van der Waals surface area contributed by atoms with Crippen LogP contribution in [0.2, 0.25) is 5.02 Å². The molecule has 0 amide bonds. The molecule has 1 aromatic rings. The van der Waals surface area contributed by atoms with Gasteiger partial charge in [0.2, 0.25) is 0 Å². The predicted molar refractivity (Wildman–Crippen MR) is 84.7 cm³/mol. The van der Waals surface area contributed by atoms with E-state index in [9.17, 15) is 0 Å². The Bertz CT molecular complexity index is 528. The van der Waals surface area contributed by atoms with Crippen molar-refractivity contribution < 1.29 is 0 Å². The van der Waals surface area contributed by atoms with Crippen LogP contribution >= 0.6 is 11.6 Å². The lowest BCUT2D eigenvalue weighted by Gasteiger charge is -2.29. The maximum Gasteiger partial charge on any atom is 0.124 e. The molecule has 3 nitrogen and oxygen atoms in total. The number of amidine groups is 1. The molecule has 2 bridgehead atoms. The van der Waals surface area contributed by atoms with Crippen molar-refractivity contribution in [1.29, 1.82) is 5.41 Å². The van der Waals surface area contributed by atoms with Crippen molar-refractivity contribution in [3.63, 3.8) is 0 Å². The Morgan fingerprint density at radius 3 is 2.80 bits per heavy atom. The Labute approximate surface area is 125 Å². The highest BCUT2D eigenvalue weighted by Crippen LogP contribution is 2.48. The van der Waals surface area contributed by atoms with E-state index in [1.165, 1.54) is 25.7 Å². The number of anilines is 1.